The number of hydrogen-bond acceptors (Lipinski definition) is 6. The Bertz CT molecular complexity index is 834. The number of piperazine rings is 1. The van der Waals surface area contributed by atoms with Crippen LogP contribution in [0.25, 0.3) is 0 Å². The zero-order chi connectivity index (χ0) is 20.8. The highest BCUT2D eigenvalue weighted by Gasteiger charge is 2.20. The van der Waals surface area contributed by atoms with Gasteiger partial charge in [0.1, 0.15) is 11.6 Å². The molecule has 0 aliphatic carbocycles. The summed E-state index contributed by atoms with van der Waals surface area (Å²) >= 11 is 1.64. The van der Waals surface area contributed by atoms with Crippen molar-refractivity contribution in [3.05, 3.63) is 41.9 Å². The van der Waals surface area contributed by atoms with Gasteiger partial charge in [-0.1, -0.05) is 26.0 Å². The first-order chi connectivity index (χ1) is 14.0. The minimum Gasteiger partial charge on any atom is -0.354 e. The van der Waals surface area contributed by atoms with Gasteiger partial charge in [-0.2, -0.15) is 0 Å². The Balaban J connectivity index is 1.48. The van der Waals surface area contributed by atoms with Crippen LogP contribution < -0.4 is 10.2 Å². The van der Waals surface area contributed by atoms with E-state index in [0.717, 1.165) is 60.6 Å². The Morgan fingerprint density at radius 3 is 2.59 bits per heavy atom. The fraction of sp³-hybridized carbons (Fsp3) is 0.500. The highest BCUT2D eigenvalue weighted by Crippen LogP contribution is 2.24. The minimum absolute atomic E-state index is 0.0712. The molecule has 2 heterocycles. The Kier molecular flexibility index (Phi) is 7.50. The van der Waals surface area contributed by atoms with Gasteiger partial charge in [0.15, 0.2) is 0 Å². The lowest BCUT2D eigenvalue weighted by Crippen LogP contribution is -2.47. The summed E-state index contributed by atoms with van der Waals surface area (Å²) in [5.74, 6) is 2.32. The number of hydrogen-bond donors (Lipinski definition) is 1. The second-order valence-corrected chi connectivity index (χ2v) is 8.56. The summed E-state index contributed by atoms with van der Waals surface area (Å²) in [6.45, 7) is 10.8. The predicted molar refractivity (Wildman–Crippen MR) is 121 cm³/mol. The minimum atomic E-state index is 0.0712. The smallest absolute Gasteiger partial charge is 0.225 e. The number of thioether (sulfide) groups is 1. The van der Waals surface area contributed by atoms with Crippen molar-refractivity contribution in [2.75, 3.05) is 49.2 Å². The number of amides is 1. The fourth-order valence-corrected chi connectivity index (χ4v) is 3.97. The van der Waals surface area contributed by atoms with Gasteiger partial charge in [0.2, 0.25) is 5.91 Å². The van der Waals surface area contributed by atoms with Crippen molar-refractivity contribution in [3.8, 4) is 0 Å². The van der Waals surface area contributed by atoms with Crippen molar-refractivity contribution in [3.63, 3.8) is 0 Å². The number of carbonyl (C=O) groups excluding carboxylic acids is 1. The van der Waals surface area contributed by atoms with Crippen LogP contribution in [0, 0.1) is 6.92 Å². The molecule has 0 unspecified atom stereocenters. The Morgan fingerprint density at radius 2 is 1.90 bits per heavy atom. The van der Waals surface area contributed by atoms with Crippen molar-refractivity contribution in [2.45, 2.75) is 38.0 Å². The first kappa shape index (κ1) is 21.6. The fourth-order valence-electron chi connectivity index (χ4n) is 3.42. The lowest BCUT2D eigenvalue weighted by Gasteiger charge is -2.35. The average Bonchev–Trinajstić information content (AvgIpc) is 2.72. The number of para-hydroxylation sites is 1. The van der Waals surface area contributed by atoms with Gasteiger partial charge < -0.3 is 10.2 Å². The molecule has 1 saturated heterocycles. The van der Waals surface area contributed by atoms with Crippen molar-refractivity contribution in [1.82, 2.24) is 14.9 Å². The van der Waals surface area contributed by atoms with E-state index in [4.69, 9.17) is 4.98 Å². The van der Waals surface area contributed by atoms with Crippen LogP contribution in [0.1, 0.15) is 37.7 Å². The molecule has 1 aromatic carbocycles. The average molecular weight is 414 g/mol. The molecule has 0 spiro atoms. The van der Waals surface area contributed by atoms with E-state index in [2.05, 4.69) is 40.0 Å². The lowest BCUT2D eigenvalue weighted by atomic mass is 10.2. The molecule has 0 radical (unpaired) electrons. The van der Waals surface area contributed by atoms with E-state index in [9.17, 15) is 4.79 Å². The van der Waals surface area contributed by atoms with E-state index in [0.29, 0.717) is 12.3 Å². The maximum absolute atomic E-state index is 12.4. The molecule has 1 amide bonds. The van der Waals surface area contributed by atoms with Crippen LogP contribution in [-0.2, 0) is 4.79 Å². The normalized spacial score (nSPS) is 15.0. The van der Waals surface area contributed by atoms with Crippen molar-refractivity contribution >= 4 is 29.2 Å². The third-order valence-electron chi connectivity index (χ3n) is 5.11. The molecular formula is C22H31N5OS. The van der Waals surface area contributed by atoms with Crippen LogP contribution in [0.15, 0.2) is 35.2 Å². The molecule has 0 saturated carbocycles. The molecule has 1 aliphatic rings. The van der Waals surface area contributed by atoms with Gasteiger partial charge >= 0.3 is 0 Å². The van der Waals surface area contributed by atoms with Crippen LogP contribution in [0.4, 0.5) is 11.5 Å². The topological polar surface area (TPSA) is 61.4 Å². The first-order valence-corrected chi connectivity index (χ1v) is 11.4. The molecule has 29 heavy (non-hydrogen) atoms. The number of aromatic nitrogens is 2. The quantitative estimate of drug-likeness (QED) is 0.697. The molecule has 6 nitrogen and oxygen atoms in total. The monoisotopic (exact) mass is 413 g/mol. The van der Waals surface area contributed by atoms with Crippen LogP contribution >= 0.6 is 11.8 Å². The summed E-state index contributed by atoms with van der Waals surface area (Å²) in [5.41, 5.74) is 1.92. The number of benzene rings is 1. The van der Waals surface area contributed by atoms with Gasteiger partial charge in [0.25, 0.3) is 0 Å². The zero-order valence-electron chi connectivity index (χ0n) is 17.8. The number of anilines is 2. The lowest BCUT2D eigenvalue weighted by molar-refractivity contribution is -0.116. The highest BCUT2D eigenvalue weighted by atomic mass is 32.2. The number of aryl methyl sites for hydroxylation is 1. The van der Waals surface area contributed by atoms with Crippen molar-refractivity contribution in [1.29, 1.82) is 0 Å². The van der Waals surface area contributed by atoms with Gasteiger partial charge in [-0.05, 0) is 25.3 Å². The largest absolute Gasteiger partial charge is 0.354 e. The molecule has 0 bridgehead atoms. The second-order valence-electron chi connectivity index (χ2n) is 7.71. The Hall–Kier alpha value is -2.12. The molecular weight excluding hydrogens is 382 g/mol. The van der Waals surface area contributed by atoms with Gasteiger partial charge in [-0.15, -0.1) is 11.8 Å². The standard InChI is InChI=1S/C22H31N5OS/c1-16(2)22-23-17(3)15-20(25-22)27-13-11-26(12-14-27)10-9-21(28)24-18-7-5-6-8-19(18)29-4/h5-8,15-16H,9-14H2,1-4H3,(H,24,28). The third-order valence-corrected chi connectivity index (χ3v) is 5.90. The predicted octanol–water partition coefficient (Wildman–Crippen LogP) is 3.78. The molecule has 3 rings (SSSR count). The van der Waals surface area contributed by atoms with E-state index in [1.54, 1.807) is 11.8 Å². The second kappa shape index (κ2) is 10.1. The molecule has 156 valence electrons. The molecule has 1 aliphatic heterocycles. The van der Waals surface area contributed by atoms with Gasteiger partial charge in [0, 0.05) is 61.7 Å². The maximum Gasteiger partial charge on any atom is 0.225 e. The summed E-state index contributed by atoms with van der Waals surface area (Å²) in [6, 6.07) is 9.99. The maximum atomic E-state index is 12.4. The molecule has 2 aromatic rings. The van der Waals surface area contributed by atoms with Crippen LogP contribution in [-0.4, -0.2) is 59.8 Å². The van der Waals surface area contributed by atoms with Crippen LogP contribution in [0.5, 0.6) is 0 Å². The first-order valence-electron chi connectivity index (χ1n) is 10.2. The Labute approximate surface area is 178 Å². The number of nitrogens with zero attached hydrogens (tertiary/aromatic N) is 4. The third kappa shape index (κ3) is 5.93. The molecule has 1 aromatic heterocycles. The SMILES string of the molecule is CSc1ccccc1NC(=O)CCN1CCN(c2cc(C)nc(C(C)C)n2)CC1. The number of carbonyl (C=O) groups is 1. The molecule has 1 N–H and O–H groups in total. The van der Waals surface area contributed by atoms with E-state index < -0.39 is 0 Å². The van der Waals surface area contributed by atoms with Gasteiger partial charge in [-0.25, -0.2) is 9.97 Å². The van der Waals surface area contributed by atoms with Crippen molar-refractivity contribution < 1.29 is 4.79 Å². The van der Waals surface area contributed by atoms with Crippen LogP contribution in [0.2, 0.25) is 0 Å². The van der Waals surface area contributed by atoms with E-state index in [1.165, 1.54) is 0 Å². The number of rotatable bonds is 7. The molecule has 0 atom stereocenters. The Morgan fingerprint density at radius 1 is 1.17 bits per heavy atom. The summed E-state index contributed by atoms with van der Waals surface area (Å²) in [6.07, 6.45) is 2.53. The molecule has 7 heteroatoms. The zero-order valence-corrected chi connectivity index (χ0v) is 18.6. The molecule has 1 fully saturated rings. The van der Waals surface area contributed by atoms with Gasteiger partial charge in [-0.3, -0.25) is 9.69 Å². The van der Waals surface area contributed by atoms with Crippen LogP contribution in [0.3, 0.4) is 0 Å². The highest BCUT2D eigenvalue weighted by molar-refractivity contribution is 7.98. The summed E-state index contributed by atoms with van der Waals surface area (Å²) in [5, 5.41) is 3.04. The van der Waals surface area contributed by atoms with Crippen molar-refractivity contribution in [2.24, 2.45) is 0 Å². The summed E-state index contributed by atoms with van der Waals surface area (Å²) in [4.78, 5) is 27.4. The summed E-state index contributed by atoms with van der Waals surface area (Å²) < 4.78 is 0. The number of nitrogens with one attached hydrogen (secondary N) is 1. The van der Waals surface area contributed by atoms with Gasteiger partial charge in [0.05, 0.1) is 5.69 Å². The van der Waals surface area contributed by atoms with E-state index in [1.807, 2.05) is 37.4 Å². The van der Waals surface area contributed by atoms with E-state index >= 15 is 0 Å². The summed E-state index contributed by atoms with van der Waals surface area (Å²) in [7, 11) is 0. The van der Waals surface area contributed by atoms with E-state index in [-0.39, 0.29) is 5.91 Å².